The fourth-order valence-electron chi connectivity index (χ4n) is 2.53. The normalized spacial score (nSPS) is 18.2. The molecule has 3 heteroatoms. The summed E-state index contributed by atoms with van der Waals surface area (Å²) in [4.78, 5) is 4.59. The van der Waals surface area contributed by atoms with E-state index >= 15 is 0 Å². The first-order valence-electron chi connectivity index (χ1n) is 6.97. The van der Waals surface area contributed by atoms with Crippen LogP contribution in [0, 0.1) is 12.8 Å². The molecule has 1 aliphatic carbocycles. The van der Waals surface area contributed by atoms with Crippen LogP contribution in [0.15, 0.2) is 35.7 Å². The minimum atomic E-state index is 0.316. The summed E-state index contributed by atoms with van der Waals surface area (Å²) < 4.78 is 0. The van der Waals surface area contributed by atoms with Gasteiger partial charge in [-0.3, -0.25) is 0 Å². The fraction of sp³-hybridized carbons (Fsp3) is 0.438. The van der Waals surface area contributed by atoms with E-state index in [1.807, 2.05) is 0 Å². The molecule has 1 fully saturated rings. The standard InChI is InChI=1S/C16H20N2S/c1-11(15-10-19-12(2)18-15)17-16(14-8-9-14)13-6-4-3-5-7-13/h3-7,10-11,14,16-17H,8-9H2,1-2H3. The second-order valence-corrected chi connectivity index (χ2v) is 6.47. The predicted molar refractivity (Wildman–Crippen MR) is 80.3 cm³/mol. The number of benzene rings is 1. The molecule has 1 aromatic carbocycles. The molecule has 0 radical (unpaired) electrons. The van der Waals surface area contributed by atoms with Crippen LogP contribution >= 0.6 is 11.3 Å². The van der Waals surface area contributed by atoms with E-state index in [9.17, 15) is 0 Å². The molecule has 1 aromatic heterocycles. The Morgan fingerprint density at radius 2 is 2.00 bits per heavy atom. The highest BCUT2D eigenvalue weighted by Crippen LogP contribution is 2.42. The molecule has 0 bridgehead atoms. The monoisotopic (exact) mass is 272 g/mol. The Balaban J connectivity index is 1.75. The molecule has 0 saturated heterocycles. The van der Waals surface area contributed by atoms with Gasteiger partial charge in [0.1, 0.15) is 0 Å². The van der Waals surface area contributed by atoms with Crippen molar-refractivity contribution in [2.45, 2.75) is 38.8 Å². The average Bonchev–Trinajstić information content (AvgIpc) is 3.18. The highest BCUT2D eigenvalue weighted by Gasteiger charge is 2.33. The molecule has 2 unspecified atom stereocenters. The van der Waals surface area contributed by atoms with Crippen LogP contribution < -0.4 is 5.32 Å². The third kappa shape index (κ3) is 3.04. The van der Waals surface area contributed by atoms with Gasteiger partial charge in [-0.1, -0.05) is 30.3 Å². The van der Waals surface area contributed by atoms with Crippen molar-refractivity contribution in [3.8, 4) is 0 Å². The van der Waals surface area contributed by atoms with Gasteiger partial charge in [-0.25, -0.2) is 4.98 Å². The zero-order valence-electron chi connectivity index (χ0n) is 11.5. The van der Waals surface area contributed by atoms with E-state index in [1.165, 1.54) is 24.1 Å². The molecule has 0 aliphatic heterocycles. The number of nitrogens with zero attached hydrogens (tertiary/aromatic N) is 1. The van der Waals surface area contributed by atoms with Gasteiger partial charge in [-0.05, 0) is 38.2 Å². The Labute approximate surface area is 118 Å². The molecule has 2 aromatic rings. The molecule has 1 N–H and O–H groups in total. The Kier molecular flexibility index (Phi) is 3.67. The van der Waals surface area contributed by atoms with Gasteiger partial charge in [0.15, 0.2) is 0 Å². The van der Waals surface area contributed by atoms with Crippen molar-refractivity contribution in [3.63, 3.8) is 0 Å². The maximum absolute atomic E-state index is 4.59. The van der Waals surface area contributed by atoms with E-state index in [1.54, 1.807) is 11.3 Å². The minimum Gasteiger partial charge on any atom is -0.302 e. The minimum absolute atomic E-state index is 0.316. The number of aromatic nitrogens is 1. The largest absolute Gasteiger partial charge is 0.302 e. The first-order valence-corrected chi connectivity index (χ1v) is 7.85. The van der Waals surface area contributed by atoms with Crippen LogP contribution in [-0.2, 0) is 0 Å². The fourth-order valence-corrected chi connectivity index (χ4v) is 3.23. The zero-order chi connectivity index (χ0) is 13.2. The van der Waals surface area contributed by atoms with Crippen LogP contribution in [0.1, 0.15) is 48.1 Å². The Hall–Kier alpha value is -1.19. The van der Waals surface area contributed by atoms with Gasteiger partial charge in [0.05, 0.1) is 10.7 Å². The first-order chi connectivity index (χ1) is 9.24. The molecular weight excluding hydrogens is 252 g/mol. The molecule has 2 nitrogen and oxygen atoms in total. The highest BCUT2D eigenvalue weighted by molar-refractivity contribution is 7.09. The molecule has 1 heterocycles. The van der Waals surface area contributed by atoms with Gasteiger partial charge in [0.2, 0.25) is 0 Å². The third-order valence-corrected chi connectivity index (χ3v) is 4.55. The third-order valence-electron chi connectivity index (χ3n) is 3.76. The Bertz CT molecular complexity index is 531. The quantitative estimate of drug-likeness (QED) is 0.880. The number of hydrogen-bond donors (Lipinski definition) is 1. The molecule has 1 aliphatic rings. The number of aryl methyl sites for hydroxylation is 1. The molecule has 19 heavy (non-hydrogen) atoms. The van der Waals surface area contributed by atoms with Gasteiger partial charge in [0, 0.05) is 17.5 Å². The van der Waals surface area contributed by atoms with E-state index < -0.39 is 0 Å². The summed E-state index contributed by atoms with van der Waals surface area (Å²) in [5.74, 6) is 0.796. The van der Waals surface area contributed by atoms with Gasteiger partial charge >= 0.3 is 0 Å². The van der Waals surface area contributed by atoms with Crippen molar-refractivity contribution in [3.05, 3.63) is 52.0 Å². The number of hydrogen-bond acceptors (Lipinski definition) is 3. The smallest absolute Gasteiger partial charge is 0.0898 e. The lowest BCUT2D eigenvalue weighted by Gasteiger charge is -2.23. The lowest BCUT2D eigenvalue weighted by Crippen LogP contribution is -2.26. The second-order valence-electron chi connectivity index (χ2n) is 5.41. The van der Waals surface area contributed by atoms with Crippen LogP contribution in [0.25, 0.3) is 0 Å². The molecule has 0 spiro atoms. The van der Waals surface area contributed by atoms with Crippen LogP contribution in [-0.4, -0.2) is 4.98 Å². The summed E-state index contributed by atoms with van der Waals surface area (Å²) in [6, 6.07) is 11.6. The molecule has 1 saturated carbocycles. The summed E-state index contributed by atoms with van der Waals surface area (Å²) in [5.41, 5.74) is 2.58. The lowest BCUT2D eigenvalue weighted by molar-refractivity contribution is 0.423. The van der Waals surface area contributed by atoms with Crippen molar-refractivity contribution in [1.82, 2.24) is 10.3 Å². The summed E-state index contributed by atoms with van der Waals surface area (Å²) in [6.45, 7) is 4.28. The number of nitrogens with one attached hydrogen (secondary N) is 1. The molecular formula is C16H20N2S. The molecule has 0 amide bonds. The number of rotatable bonds is 5. The van der Waals surface area contributed by atoms with Crippen LogP contribution in [0.2, 0.25) is 0 Å². The highest BCUT2D eigenvalue weighted by atomic mass is 32.1. The van der Waals surface area contributed by atoms with Gasteiger partial charge < -0.3 is 5.32 Å². The maximum atomic E-state index is 4.59. The molecule has 2 atom stereocenters. The van der Waals surface area contributed by atoms with E-state index in [2.05, 4.69) is 59.9 Å². The van der Waals surface area contributed by atoms with E-state index in [0.717, 1.165) is 10.9 Å². The Morgan fingerprint density at radius 3 is 2.58 bits per heavy atom. The average molecular weight is 272 g/mol. The lowest BCUT2D eigenvalue weighted by atomic mass is 10.0. The van der Waals surface area contributed by atoms with Crippen molar-refractivity contribution in [1.29, 1.82) is 0 Å². The predicted octanol–water partition coefficient (Wildman–Crippen LogP) is 4.25. The van der Waals surface area contributed by atoms with Crippen LogP contribution in [0.4, 0.5) is 0 Å². The van der Waals surface area contributed by atoms with Gasteiger partial charge in [-0.2, -0.15) is 0 Å². The molecule has 100 valence electrons. The van der Waals surface area contributed by atoms with E-state index in [-0.39, 0.29) is 0 Å². The number of thiazole rings is 1. The maximum Gasteiger partial charge on any atom is 0.0898 e. The van der Waals surface area contributed by atoms with E-state index in [4.69, 9.17) is 0 Å². The first kappa shape index (κ1) is 12.8. The summed E-state index contributed by atoms with van der Waals surface area (Å²) >= 11 is 1.73. The summed E-state index contributed by atoms with van der Waals surface area (Å²) in [7, 11) is 0. The van der Waals surface area contributed by atoms with Crippen molar-refractivity contribution < 1.29 is 0 Å². The zero-order valence-corrected chi connectivity index (χ0v) is 12.3. The SMILES string of the molecule is Cc1nc(C(C)NC(c2ccccc2)C2CC2)cs1. The van der Waals surface area contributed by atoms with Crippen molar-refractivity contribution >= 4 is 11.3 Å². The van der Waals surface area contributed by atoms with Gasteiger partial charge in [-0.15, -0.1) is 11.3 Å². The molecule has 3 rings (SSSR count). The van der Waals surface area contributed by atoms with Crippen molar-refractivity contribution in [2.75, 3.05) is 0 Å². The van der Waals surface area contributed by atoms with Crippen molar-refractivity contribution in [2.24, 2.45) is 5.92 Å². The second kappa shape index (κ2) is 5.43. The van der Waals surface area contributed by atoms with Crippen LogP contribution in [0.5, 0.6) is 0 Å². The summed E-state index contributed by atoms with van der Waals surface area (Å²) in [6.07, 6.45) is 2.69. The summed E-state index contributed by atoms with van der Waals surface area (Å²) in [5, 5.41) is 7.08. The van der Waals surface area contributed by atoms with Crippen LogP contribution in [0.3, 0.4) is 0 Å². The van der Waals surface area contributed by atoms with Gasteiger partial charge in [0.25, 0.3) is 0 Å². The topological polar surface area (TPSA) is 24.9 Å². The Morgan fingerprint density at radius 1 is 1.26 bits per heavy atom. The van der Waals surface area contributed by atoms with E-state index in [0.29, 0.717) is 12.1 Å².